The van der Waals surface area contributed by atoms with Crippen molar-refractivity contribution >= 4 is 5.91 Å². The van der Waals surface area contributed by atoms with Crippen molar-refractivity contribution in [3.05, 3.63) is 29.3 Å². The monoisotopic (exact) mass is 223 g/mol. The van der Waals surface area contributed by atoms with E-state index in [-0.39, 0.29) is 18.3 Å². The van der Waals surface area contributed by atoms with E-state index in [9.17, 15) is 9.90 Å². The maximum Gasteiger partial charge on any atom is 0.253 e. The molecule has 0 saturated carbocycles. The van der Waals surface area contributed by atoms with Crippen molar-refractivity contribution in [3.8, 4) is 5.75 Å². The molecular formula is C12H17NO3. The van der Waals surface area contributed by atoms with Crippen LogP contribution in [0.1, 0.15) is 22.8 Å². The quantitative estimate of drug-likeness (QED) is 0.805. The Bertz CT molecular complexity index is 377. The number of amides is 1. The molecule has 0 unspecified atom stereocenters. The number of hydrogen-bond donors (Lipinski definition) is 2. The summed E-state index contributed by atoms with van der Waals surface area (Å²) in [6, 6.07) is 4.75. The van der Waals surface area contributed by atoms with E-state index in [1.165, 1.54) is 6.07 Å². The normalized spacial score (nSPS) is 10.2. The zero-order chi connectivity index (χ0) is 12.1. The summed E-state index contributed by atoms with van der Waals surface area (Å²) >= 11 is 0. The molecule has 0 fully saturated rings. The molecule has 0 aliphatic carbocycles. The Hall–Kier alpha value is -1.55. The maximum atomic E-state index is 12.0. The number of aryl methyl sites for hydroxylation is 1. The highest BCUT2D eigenvalue weighted by atomic mass is 16.3. The lowest BCUT2D eigenvalue weighted by atomic mass is 10.1. The second-order valence-corrected chi connectivity index (χ2v) is 3.61. The SMILES string of the molecule is CCN(CCO)C(=O)c1ccc(O)c(C)c1. The van der Waals surface area contributed by atoms with E-state index in [0.717, 1.165) is 0 Å². The predicted molar refractivity (Wildman–Crippen MR) is 61.5 cm³/mol. The minimum Gasteiger partial charge on any atom is -0.508 e. The number of nitrogens with zero attached hydrogens (tertiary/aromatic N) is 1. The van der Waals surface area contributed by atoms with Crippen molar-refractivity contribution in [2.45, 2.75) is 13.8 Å². The first-order valence-corrected chi connectivity index (χ1v) is 5.30. The molecule has 0 aliphatic rings. The van der Waals surface area contributed by atoms with Crippen LogP contribution in [0.3, 0.4) is 0 Å². The van der Waals surface area contributed by atoms with Gasteiger partial charge in [0.05, 0.1) is 6.61 Å². The molecule has 2 N–H and O–H groups in total. The van der Waals surface area contributed by atoms with Gasteiger partial charge in [0.25, 0.3) is 5.91 Å². The number of aliphatic hydroxyl groups is 1. The number of aliphatic hydroxyl groups excluding tert-OH is 1. The van der Waals surface area contributed by atoms with E-state index >= 15 is 0 Å². The summed E-state index contributed by atoms with van der Waals surface area (Å²) in [7, 11) is 0. The number of rotatable bonds is 4. The van der Waals surface area contributed by atoms with Gasteiger partial charge >= 0.3 is 0 Å². The third-order valence-corrected chi connectivity index (χ3v) is 2.48. The molecule has 0 aliphatic heterocycles. The van der Waals surface area contributed by atoms with Crippen molar-refractivity contribution in [2.75, 3.05) is 19.7 Å². The summed E-state index contributed by atoms with van der Waals surface area (Å²) in [4.78, 5) is 13.5. The van der Waals surface area contributed by atoms with Gasteiger partial charge in [-0.1, -0.05) is 0 Å². The third-order valence-electron chi connectivity index (χ3n) is 2.48. The first kappa shape index (κ1) is 12.5. The number of benzene rings is 1. The molecule has 0 radical (unpaired) electrons. The maximum absolute atomic E-state index is 12.0. The van der Waals surface area contributed by atoms with E-state index < -0.39 is 0 Å². The highest BCUT2D eigenvalue weighted by Gasteiger charge is 2.14. The Kier molecular flexibility index (Phi) is 4.31. The summed E-state index contributed by atoms with van der Waals surface area (Å²) in [5, 5.41) is 18.2. The fraction of sp³-hybridized carbons (Fsp3) is 0.417. The van der Waals surface area contributed by atoms with Crippen LogP contribution in [0.15, 0.2) is 18.2 Å². The first-order valence-electron chi connectivity index (χ1n) is 5.30. The van der Waals surface area contributed by atoms with E-state index in [2.05, 4.69) is 0 Å². The average molecular weight is 223 g/mol. The molecule has 1 aromatic rings. The molecular weight excluding hydrogens is 206 g/mol. The fourth-order valence-electron chi connectivity index (χ4n) is 1.50. The van der Waals surface area contributed by atoms with Crippen molar-refractivity contribution in [1.29, 1.82) is 0 Å². The van der Waals surface area contributed by atoms with Crippen LogP contribution in [0.5, 0.6) is 5.75 Å². The van der Waals surface area contributed by atoms with Gasteiger partial charge in [0.2, 0.25) is 0 Å². The third kappa shape index (κ3) is 2.73. The van der Waals surface area contributed by atoms with Crippen LogP contribution in [0.4, 0.5) is 0 Å². The minimum absolute atomic E-state index is 0.0450. The summed E-state index contributed by atoms with van der Waals surface area (Å²) < 4.78 is 0. The van der Waals surface area contributed by atoms with Crippen LogP contribution >= 0.6 is 0 Å². The largest absolute Gasteiger partial charge is 0.508 e. The summed E-state index contributed by atoms with van der Waals surface area (Å²) in [6.45, 7) is 4.44. The van der Waals surface area contributed by atoms with Gasteiger partial charge in [0, 0.05) is 18.7 Å². The molecule has 0 spiro atoms. The standard InChI is InChI=1S/C12H17NO3/c1-3-13(6-7-14)12(16)10-4-5-11(15)9(2)8-10/h4-5,8,14-15H,3,6-7H2,1-2H3. The van der Waals surface area contributed by atoms with Crippen LogP contribution in [-0.2, 0) is 0 Å². The van der Waals surface area contributed by atoms with Crippen molar-refractivity contribution in [1.82, 2.24) is 4.90 Å². The van der Waals surface area contributed by atoms with Gasteiger partial charge < -0.3 is 15.1 Å². The second kappa shape index (κ2) is 5.51. The second-order valence-electron chi connectivity index (χ2n) is 3.61. The van der Waals surface area contributed by atoms with E-state index in [1.807, 2.05) is 6.92 Å². The van der Waals surface area contributed by atoms with Crippen molar-refractivity contribution in [3.63, 3.8) is 0 Å². The summed E-state index contributed by atoms with van der Waals surface area (Å²) in [5.41, 5.74) is 1.21. The average Bonchev–Trinajstić information content (AvgIpc) is 2.28. The molecule has 1 rings (SSSR count). The lowest BCUT2D eigenvalue weighted by Crippen LogP contribution is -2.33. The number of hydrogen-bond acceptors (Lipinski definition) is 3. The van der Waals surface area contributed by atoms with Gasteiger partial charge in [-0.2, -0.15) is 0 Å². The topological polar surface area (TPSA) is 60.8 Å². The summed E-state index contributed by atoms with van der Waals surface area (Å²) in [5.74, 6) is 0.0569. The van der Waals surface area contributed by atoms with Gasteiger partial charge in [-0.25, -0.2) is 0 Å². The molecule has 0 saturated heterocycles. The number of phenols is 1. The first-order chi connectivity index (χ1) is 7.60. The van der Waals surface area contributed by atoms with Crippen LogP contribution < -0.4 is 0 Å². The minimum atomic E-state index is -0.125. The van der Waals surface area contributed by atoms with Gasteiger partial charge in [-0.15, -0.1) is 0 Å². The molecule has 0 bridgehead atoms. The molecule has 4 heteroatoms. The Morgan fingerprint density at radius 2 is 2.12 bits per heavy atom. The van der Waals surface area contributed by atoms with Gasteiger partial charge in [-0.3, -0.25) is 4.79 Å². The van der Waals surface area contributed by atoms with E-state index in [0.29, 0.717) is 24.2 Å². The molecule has 0 atom stereocenters. The number of carbonyl (C=O) groups excluding carboxylic acids is 1. The lowest BCUT2D eigenvalue weighted by molar-refractivity contribution is 0.0732. The lowest BCUT2D eigenvalue weighted by Gasteiger charge is -2.19. The van der Waals surface area contributed by atoms with Crippen LogP contribution in [0.25, 0.3) is 0 Å². The Labute approximate surface area is 95.1 Å². The van der Waals surface area contributed by atoms with Gasteiger partial charge in [-0.05, 0) is 37.6 Å². The molecule has 1 amide bonds. The van der Waals surface area contributed by atoms with Gasteiger partial charge in [0.15, 0.2) is 0 Å². The highest BCUT2D eigenvalue weighted by Crippen LogP contribution is 2.17. The van der Waals surface area contributed by atoms with Gasteiger partial charge in [0.1, 0.15) is 5.75 Å². The fourth-order valence-corrected chi connectivity index (χ4v) is 1.50. The molecule has 4 nitrogen and oxygen atoms in total. The zero-order valence-corrected chi connectivity index (χ0v) is 9.60. The van der Waals surface area contributed by atoms with Crippen LogP contribution in [-0.4, -0.2) is 40.7 Å². The number of aromatic hydroxyl groups is 1. The molecule has 0 heterocycles. The molecule has 1 aromatic carbocycles. The van der Waals surface area contributed by atoms with Crippen LogP contribution in [0, 0.1) is 6.92 Å². The van der Waals surface area contributed by atoms with Crippen LogP contribution in [0.2, 0.25) is 0 Å². The van der Waals surface area contributed by atoms with Crippen molar-refractivity contribution in [2.24, 2.45) is 0 Å². The number of phenolic OH excluding ortho intramolecular Hbond substituents is 1. The summed E-state index contributed by atoms with van der Waals surface area (Å²) in [6.07, 6.45) is 0. The predicted octanol–water partition coefficient (Wildman–Crippen LogP) is 1.16. The number of carbonyl (C=O) groups is 1. The molecule has 0 aromatic heterocycles. The van der Waals surface area contributed by atoms with E-state index in [4.69, 9.17) is 5.11 Å². The highest BCUT2D eigenvalue weighted by molar-refractivity contribution is 5.94. The smallest absolute Gasteiger partial charge is 0.253 e. The zero-order valence-electron chi connectivity index (χ0n) is 9.60. The van der Waals surface area contributed by atoms with E-state index in [1.54, 1.807) is 24.0 Å². The Morgan fingerprint density at radius 1 is 1.44 bits per heavy atom. The molecule has 16 heavy (non-hydrogen) atoms. The Morgan fingerprint density at radius 3 is 2.62 bits per heavy atom. The molecule has 88 valence electrons. The number of likely N-dealkylation sites (N-methyl/N-ethyl adjacent to an activating group) is 1. The Balaban J connectivity index is 2.90. The van der Waals surface area contributed by atoms with Crippen molar-refractivity contribution < 1.29 is 15.0 Å².